The monoisotopic (exact) mass is 536 g/mol. The minimum absolute atomic E-state index is 0.0667. The van der Waals surface area contributed by atoms with Crippen LogP contribution in [0.1, 0.15) is 72.3 Å². The van der Waals surface area contributed by atoms with Crippen molar-refractivity contribution in [3.63, 3.8) is 0 Å². The summed E-state index contributed by atoms with van der Waals surface area (Å²) < 4.78 is 10.8. The molecule has 0 saturated heterocycles. The van der Waals surface area contributed by atoms with Crippen LogP contribution in [0.3, 0.4) is 0 Å². The molecule has 2 fully saturated rings. The van der Waals surface area contributed by atoms with E-state index in [1.807, 2.05) is 0 Å². The van der Waals surface area contributed by atoms with Crippen molar-refractivity contribution in [3.8, 4) is 0 Å². The van der Waals surface area contributed by atoms with E-state index in [4.69, 9.17) is 32.7 Å². The van der Waals surface area contributed by atoms with E-state index in [0.717, 1.165) is 51.4 Å². The van der Waals surface area contributed by atoms with Gasteiger partial charge in [0.05, 0.1) is 24.3 Å². The quantitative estimate of drug-likeness (QED) is 0.547. The van der Waals surface area contributed by atoms with E-state index in [9.17, 15) is 9.59 Å². The first-order chi connectivity index (χ1) is 17.4. The number of carbonyl (C=O) groups excluding carboxylic acids is 2. The molecule has 0 spiro atoms. The van der Waals surface area contributed by atoms with Crippen LogP contribution in [0.2, 0.25) is 10.0 Å². The Balaban J connectivity index is 0.000000201. The molecule has 2 aromatic heterocycles. The van der Waals surface area contributed by atoms with Crippen molar-refractivity contribution >= 4 is 35.0 Å². The number of methoxy groups -OCH3 is 2. The smallest absolute Gasteiger partial charge is 0.270 e. The van der Waals surface area contributed by atoms with Gasteiger partial charge in [0.15, 0.2) is 0 Å². The van der Waals surface area contributed by atoms with Gasteiger partial charge in [-0.3, -0.25) is 19.6 Å². The zero-order valence-corrected chi connectivity index (χ0v) is 22.2. The van der Waals surface area contributed by atoms with E-state index in [2.05, 4.69) is 20.6 Å². The fraction of sp³-hybridized carbons (Fsp3) is 0.538. The third-order valence-corrected chi connectivity index (χ3v) is 7.02. The summed E-state index contributed by atoms with van der Waals surface area (Å²) in [5, 5.41) is 6.99. The summed E-state index contributed by atoms with van der Waals surface area (Å²) in [6, 6.07) is 6.57. The molecule has 2 aliphatic carbocycles. The number of halogens is 2. The number of nitrogens with one attached hydrogen (secondary N) is 2. The Hall–Kier alpha value is -2.26. The molecule has 36 heavy (non-hydrogen) atoms. The van der Waals surface area contributed by atoms with Crippen LogP contribution < -0.4 is 10.6 Å². The molecule has 8 nitrogen and oxygen atoms in total. The van der Waals surface area contributed by atoms with Gasteiger partial charge in [-0.15, -0.1) is 0 Å². The lowest BCUT2D eigenvalue weighted by Crippen LogP contribution is -2.46. The van der Waals surface area contributed by atoms with Gasteiger partial charge >= 0.3 is 0 Å². The lowest BCUT2D eigenvalue weighted by Gasteiger charge is -2.30. The van der Waals surface area contributed by atoms with Crippen LogP contribution in [0.25, 0.3) is 0 Å². The van der Waals surface area contributed by atoms with Crippen molar-refractivity contribution in [3.05, 3.63) is 58.1 Å². The predicted molar refractivity (Wildman–Crippen MR) is 140 cm³/mol. The SMILES string of the molecule is CO[C@@H]1CCCC[C@H]1NC(=O)c1cc(Cl)ccn1.CO[C@@H]1CCCC[C@H]1NC(=O)c1cc(Cl)ccn1. The molecule has 4 atom stereocenters. The molecular weight excluding hydrogens is 503 g/mol. The van der Waals surface area contributed by atoms with Gasteiger partial charge in [0, 0.05) is 36.7 Å². The normalized spacial score (nSPS) is 23.7. The number of hydrogen-bond donors (Lipinski definition) is 2. The maximum absolute atomic E-state index is 12.0. The van der Waals surface area contributed by atoms with Crippen molar-refractivity contribution in [2.24, 2.45) is 0 Å². The van der Waals surface area contributed by atoms with Crippen molar-refractivity contribution in [1.29, 1.82) is 0 Å². The minimum atomic E-state index is -0.188. The van der Waals surface area contributed by atoms with Crippen LogP contribution in [0, 0.1) is 0 Å². The largest absolute Gasteiger partial charge is 0.379 e. The molecule has 4 rings (SSSR count). The molecule has 2 N–H and O–H groups in total. The molecule has 0 radical (unpaired) electrons. The average Bonchev–Trinajstić information content (AvgIpc) is 2.89. The van der Waals surface area contributed by atoms with Crippen LogP contribution in [-0.4, -0.2) is 60.3 Å². The lowest BCUT2D eigenvalue weighted by molar-refractivity contribution is 0.0391. The summed E-state index contributed by atoms with van der Waals surface area (Å²) in [6.45, 7) is 0. The molecule has 2 saturated carbocycles. The maximum Gasteiger partial charge on any atom is 0.270 e. The van der Waals surface area contributed by atoms with Crippen molar-refractivity contribution in [2.75, 3.05) is 14.2 Å². The number of amides is 2. The molecule has 196 valence electrons. The average molecular weight is 537 g/mol. The van der Waals surface area contributed by atoms with Crippen LogP contribution in [0.15, 0.2) is 36.7 Å². The minimum Gasteiger partial charge on any atom is -0.379 e. The summed E-state index contributed by atoms with van der Waals surface area (Å²) in [5.74, 6) is -0.377. The van der Waals surface area contributed by atoms with E-state index in [1.165, 1.54) is 12.4 Å². The molecule has 0 unspecified atom stereocenters. The zero-order chi connectivity index (χ0) is 25.9. The first-order valence-corrected chi connectivity index (χ1v) is 13.1. The Morgan fingerprint density at radius 3 is 1.50 bits per heavy atom. The molecule has 0 bridgehead atoms. The highest BCUT2D eigenvalue weighted by Crippen LogP contribution is 2.22. The van der Waals surface area contributed by atoms with Gasteiger partial charge in [-0.1, -0.05) is 48.9 Å². The van der Waals surface area contributed by atoms with Gasteiger partial charge in [0.2, 0.25) is 0 Å². The Morgan fingerprint density at radius 1 is 0.750 bits per heavy atom. The molecule has 10 heteroatoms. The van der Waals surface area contributed by atoms with E-state index >= 15 is 0 Å². The molecule has 2 aliphatic rings. The third kappa shape index (κ3) is 8.40. The van der Waals surface area contributed by atoms with Gasteiger partial charge in [-0.25, -0.2) is 0 Å². The number of hydrogen-bond acceptors (Lipinski definition) is 6. The maximum atomic E-state index is 12.0. The molecule has 2 aromatic rings. The zero-order valence-electron chi connectivity index (χ0n) is 20.7. The van der Waals surface area contributed by atoms with E-state index < -0.39 is 0 Å². The Morgan fingerprint density at radius 2 is 1.14 bits per heavy atom. The van der Waals surface area contributed by atoms with Crippen LogP contribution >= 0.6 is 23.2 Å². The molecular formula is C26H34Cl2N4O4. The van der Waals surface area contributed by atoms with Gasteiger partial charge in [-0.2, -0.15) is 0 Å². The van der Waals surface area contributed by atoms with Gasteiger partial charge in [0.1, 0.15) is 11.4 Å². The lowest BCUT2D eigenvalue weighted by atomic mass is 9.92. The van der Waals surface area contributed by atoms with Crippen LogP contribution in [0.4, 0.5) is 0 Å². The number of nitrogens with zero attached hydrogens (tertiary/aromatic N) is 2. The Bertz CT molecular complexity index is 930. The second kappa shape index (κ2) is 14.5. The summed E-state index contributed by atoms with van der Waals surface area (Å²) in [5.41, 5.74) is 0.700. The van der Waals surface area contributed by atoms with E-state index in [0.29, 0.717) is 21.4 Å². The first-order valence-electron chi connectivity index (χ1n) is 12.3. The first kappa shape index (κ1) is 28.3. The summed E-state index contributed by atoms with van der Waals surface area (Å²) >= 11 is 11.7. The van der Waals surface area contributed by atoms with E-state index in [-0.39, 0.29) is 36.1 Å². The molecule has 0 aromatic carbocycles. The van der Waals surface area contributed by atoms with Crippen LogP contribution in [-0.2, 0) is 9.47 Å². The Kier molecular flexibility index (Phi) is 11.4. The fourth-order valence-corrected chi connectivity index (χ4v) is 4.95. The summed E-state index contributed by atoms with van der Waals surface area (Å²) in [6.07, 6.45) is 11.7. The number of rotatable bonds is 6. The highest BCUT2D eigenvalue weighted by atomic mass is 35.5. The highest BCUT2D eigenvalue weighted by Gasteiger charge is 2.28. The number of ether oxygens (including phenoxy) is 2. The standard InChI is InChI=1S/2C13H17ClN2O2/c2*1-18-12-5-3-2-4-10(12)16-13(17)11-8-9(14)6-7-15-11/h2*6-8,10,12H,2-5H2,1H3,(H,16,17)/t2*10-,12-/m11/s1. The van der Waals surface area contributed by atoms with Gasteiger partial charge in [-0.05, 0) is 49.9 Å². The molecule has 0 aliphatic heterocycles. The summed E-state index contributed by atoms with van der Waals surface area (Å²) in [7, 11) is 3.37. The van der Waals surface area contributed by atoms with Gasteiger partial charge in [0.25, 0.3) is 11.8 Å². The van der Waals surface area contributed by atoms with Crippen molar-refractivity contribution in [1.82, 2.24) is 20.6 Å². The predicted octanol–water partition coefficient (Wildman–Crippen LogP) is 4.84. The van der Waals surface area contributed by atoms with Crippen molar-refractivity contribution in [2.45, 2.75) is 75.7 Å². The highest BCUT2D eigenvalue weighted by molar-refractivity contribution is 6.31. The second-order valence-electron chi connectivity index (χ2n) is 9.00. The Labute approximate surface area is 222 Å². The fourth-order valence-electron chi connectivity index (χ4n) is 4.63. The molecule has 2 heterocycles. The third-order valence-electron chi connectivity index (χ3n) is 6.55. The number of carbonyl (C=O) groups is 2. The van der Waals surface area contributed by atoms with E-state index in [1.54, 1.807) is 38.5 Å². The second-order valence-corrected chi connectivity index (χ2v) is 9.87. The van der Waals surface area contributed by atoms with Crippen molar-refractivity contribution < 1.29 is 19.1 Å². The molecule has 2 amide bonds. The number of pyridine rings is 2. The van der Waals surface area contributed by atoms with Gasteiger partial charge < -0.3 is 20.1 Å². The van der Waals surface area contributed by atoms with Crippen LogP contribution in [0.5, 0.6) is 0 Å². The summed E-state index contributed by atoms with van der Waals surface area (Å²) in [4.78, 5) is 32.1. The topological polar surface area (TPSA) is 102 Å². The number of aromatic nitrogens is 2.